The number of pyridine rings is 1. The average Bonchev–Trinajstić information content (AvgIpc) is 2.80. The van der Waals surface area contributed by atoms with Gasteiger partial charge in [-0.2, -0.15) is 0 Å². The normalized spacial score (nSPS) is 16.3. The Balaban J connectivity index is 1.52. The number of hydrogen-bond acceptors (Lipinski definition) is 5. The predicted octanol–water partition coefficient (Wildman–Crippen LogP) is 3.80. The Morgan fingerprint density at radius 1 is 1.17 bits per heavy atom. The standard InChI is InChI=1S/C24H26N4O2/c1-17-26-15-22(19-9-11-25-12-10-19)24(27-17)20-4-3-13-28(16-20)23(29)14-18-5-7-21(30-2)8-6-18/h5-12,15,20H,3-4,13-14,16H2,1-2H3. The molecule has 1 atom stereocenters. The number of carbonyl (C=O) groups is 1. The molecular formula is C24H26N4O2. The highest BCUT2D eigenvalue weighted by Gasteiger charge is 2.28. The summed E-state index contributed by atoms with van der Waals surface area (Å²) >= 11 is 0. The molecule has 4 rings (SSSR count). The second kappa shape index (κ2) is 9.03. The molecule has 1 aliphatic rings. The number of ether oxygens (including phenoxy) is 1. The predicted molar refractivity (Wildman–Crippen MR) is 115 cm³/mol. The lowest BCUT2D eigenvalue weighted by molar-refractivity contribution is -0.131. The lowest BCUT2D eigenvalue weighted by Gasteiger charge is -2.33. The van der Waals surface area contributed by atoms with E-state index >= 15 is 0 Å². The number of hydrogen-bond donors (Lipinski definition) is 0. The van der Waals surface area contributed by atoms with E-state index in [1.165, 1.54) is 0 Å². The molecule has 1 aromatic carbocycles. The van der Waals surface area contributed by atoms with E-state index in [0.717, 1.165) is 53.3 Å². The maximum Gasteiger partial charge on any atom is 0.227 e. The van der Waals surface area contributed by atoms with Crippen LogP contribution in [0.2, 0.25) is 0 Å². The zero-order valence-electron chi connectivity index (χ0n) is 17.4. The first-order valence-electron chi connectivity index (χ1n) is 10.3. The zero-order chi connectivity index (χ0) is 20.9. The van der Waals surface area contributed by atoms with Gasteiger partial charge in [0.25, 0.3) is 0 Å². The van der Waals surface area contributed by atoms with Crippen molar-refractivity contribution in [2.45, 2.75) is 32.1 Å². The van der Waals surface area contributed by atoms with Crippen LogP contribution in [-0.4, -0.2) is 46.0 Å². The molecule has 1 amide bonds. The minimum absolute atomic E-state index is 0.154. The van der Waals surface area contributed by atoms with Crippen molar-refractivity contribution < 1.29 is 9.53 Å². The smallest absolute Gasteiger partial charge is 0.227 e. The minimum atomic E-state index is 0.154. The molecule has 6 nitrogen and oxygen atoms in total. The molecule has 1 aliphatic heterocycles. The molecule has 30 heavy (non-hydrogen) atoms. The van der Waals surface area contributed by atoms with Crippen LogP contribution in [-0.2, 0) is 11.2 Å². The number of carbonyl (C=O) groups excluding carboxylic acids is 1. The third-order valence-corrected chi connectivity index (χ3v) is 5.61. The quantitative estimate of drug-likeness (QED) is 0.649. The first-order chi connectivity index (χ1) is 14.6. The average molecular weight is 402 g/mol. The highest BCUT2D eigenvalue weighted by molar-refractivity contribution is 5.79. The number of nitrogens with zero attached hydrogens (tertiary/aromatic N) is 4. The van der Waals surface area contributed by atoms with E-state index in [9.17, 15) is 4.79 Å². The van der Waals surface area contributed by atoms with Gasteiger partial charge in [0.15, 0.2) is 0 Å². The van der Waals surface area contributed by atoms with Crippen LogP contribution in [0.4, 0.5) is 0 Å². The van der Waals surface area contributed by atoms with Gasteiger partial charge in [0.05, 0.1) is 19.2 Å². The van der Waals surface area contributed by atoms with Crippen LogP contribution in [0.3, 0.4) is 0 Å². The Morgan fingerprint density at radius 2 is 1.93 bits per heavy atom. The molecule has 3 heterocycles. The summed E-state index contributed by atoms with van der Waals surface area (Å²) in [6.07, 6.45) is 7.84. The number of aryl methyl sites for hydroxylation is 1. The van der Waals surface area contributed by atoms with E-state index in [1.54, 1.807) is 19.5 Å². The van der Waals surface area contributed by atoms with Crippen LogP contribution in [0.25, 0.3) is 11.1 Å². The summed E-state index contributed by atoms with van der Waals surface area (Å²) in [5.41, 5.74) is 4.10. The monoisotopic (exact) mass is 402 g/mol. The fraction of sp³-hybridized carbons (Fsp3) is 0.333. The first kappa shape index (κ1) is 20.0. The zero-order valence-corrected chi connectivity index (χ0v) is 17.4. The van der Waals surface area contributed by atoms with Crippen molar-refractivity contribution in [3.8, 4) is 16.9 Å². The third kappa shape index (κ3) is 4.48. The Bertz CT molecular complexity index is 1010. The molecular weight excluding hydrogens is 376 g/mol. The Morgan fingerprint density at radius 3 is 2.67 bits per heavy atom. The lowest BCUT2D eigenvalue weighted by atomic mass is 9.90. The fourth-order valence-corrected chi connectivity index (χ4v) is 4.01. The summed E-state index contributed by atoms with van der Waals surface area (Å²) < 4.78 is 5.20. The number of rotatable bonds is 5. The Kier molecular flexibility index (Phi) is 6.02. The molecule has 2 aromatic heterocycles. The molecule has 0 radical (unpaired) electrons. The van der Waals surface area contributed by atoms with Crippen LogP contribution >= 0.6 is 0 Å². The highest BCUT2D eigenvalue weighted by Crippen LogP contribution is 2.33. The van der Waals surface area contributed by atoms with E-state index in [1.807, 2.05) is 54.4 Å². The van der Waals surface area contributed by atoms with E-state index < -0.39 is 0 Å². The molecule has 1 saturated heterocycles. The molecule has 1 unspecified atom stereocenters. The summed E-state index contributed by atoms with van der Waals surface area (Å²) in [7, 11) is 1.64. The molecule has 154 valence electrons. The lowest BCUT2D eigenvalue weighted by Crippen LogP contribution is -2.40. The van der Waals surface area contributed by atoms with E-state index in [0.29, 0.717) is 13.0 Å². The molecule has 0 aliphatic carbocycles. The van der Waals surface area contributed by atoms with Crippen LogP contribution in [0.1, 0.15) is 35.8 Å². The van der Waals surface area contributed by atoms with Crippen molar-refractivity contribution in [1.82, 2.24) is 19.9 Å². The van der Waals surface area contributed by atoms with Gasteiger partial charge < -0.3 is 9.64 Å². The van der Waals surface area contributed by atoms with Gasteiger partial charge in [-0.1, -0.05) is 12.1 Å². The maximum absolute atomic E-state index is 13.0. The van der Waals surface area contributed by atoms with Crippen molar-refractivity contribution in [1.29, 1.82) is 0 Å². The van der Waals surface area contributed by atoms with E-state index in [-0.39, 0.29) is 11.8 Å². The molecule has 6 heteroatoms. The SMILES string of the molecule is COc1ccc(CC(=O)N2CCCC(c3nc(C)ncc3-c3ccncc3)C2)cc1. The molecule has 0 spiro atoms. The van der Waals surface area contributed by atoms with Gasteiger partial charge >= 0.3 is 0 Å². The Hall–Kier alpha value is -3.28. The fourth-order valence-electron chi connectivity index (χ4n) is 4.01. The number of likely N-dealkylation sites (tertiary alicyclic amines) is 1. The number of benzene rings is 1. The maximum atomic E-state index is 13.0. The molecule has 0 bridgehead atoms. The second-order valence-corrected chi connectivity index (χ2v) is 7.66. The van der Waals surface area contributed by atoms with Gasteiger partial charge in [0, 0.05) is 43.2 Å². The van der Waals surface area contributed by atoms with Crippen molar-refractivity contribution in [2.75, 3.05) is 20.2 Å². The van der Waals surface area contributed by atoms with Gasteiger partial charge in [-0.3, -0.25) is 9.78 Å². The summed E-state index contributed by atoms with van der Waals surface area (Å²) in [6.45, 7) is 3.39. The molecule has 1 fully saturated rings. The van der Waals surface area contributed by atoms with Gasteiger partial charge in [0.1, 0.15) is 11.6 Å². The van der Waals surface area contributed by atoms with Crippen molar-refractivity contribution in [3.63, 3.8) is 0 Å². The number of aromatic nitrogens is 3. The topological polar surface area (TPSA) is 68.2 Å². The van der Waals surface area contributed by atoms with Gasteiger partial charge in [-0.25, -0.2) is 9.97 Å². The third-order valence-electron chi connectivity index (χ3n) is 5.61. The van der Waals surface area contributed by atoms with Crippen molar-refractivity contribution in [2.24, 2.45) is 0 Å². The first-order valence-corrected chi connectivity index (χ1v) is 10.3. The molecule has 3 aromatic rings. The molecule has 0 saturated carbocycles. The van der Waals surface area contributed by atoms with E-state index in [4.69, 9.17) is 9.72 Å². The van der Waals surface area contributed by atoms with Crippen LogP contribution in [0.5, 0.6) is 5.75 Å². The van der Waals surface area contributed by atoms with Crippen molar-refractivity contribution in [3.05, 3.63) is 72.1 Å². The highest BCUT2D eigenvalue weighted by atomic mass is 16.5. The summed E-state index contributed by atoms with van der Waals surface area (Å²) in [4.78, 5) is 28.3. The Labute approximate surface area is 177 Å². The largest absolute Gasteiger partial charge is 0.497 e. The van der Waals surface area contributed by atoms with Crippen LogP contribution in [0, 0.1) is 6.92 Å². The summed E-state index contributed by atoms with van der Waals surface area (Å²) in [5, 5.41) is 0. The van der Waals surface area contributed by atoms with Crippen molar-refractivity contribution >= 4 is 5.91 Å². The second-order valence-electron chi connectivity index (χ2n) is 7.66. The van der Waals surface area contributed by atoms with Crippen LogP contribution in [0.15, 0.2) is 55.0 Å². The number of methoxy groups -OCH3 is 1. The van der Waals surface area contributed by atoms with E-state index in [2.05, 4.69) is 9.97 Å². The number of amides is 1. The minimum Gasteiger partial charge on any atom is -0.497 e. The van der Waals surface area contributed by atoms with Gasteiger partial charge in [-0.15, -0.1) is 0 Å². The van der Waals surface area contributed by atoms with Gasteiger partial charge in [-0.05, 0) is 55.2 Å². The van der Waals surface area contributed by atoms with Gasteiger partial charge in [0.2, 0.25) is 5.91 Å². The number of piperidine rings is 1. The van der Waals surface area contributed by atoms with Crippen LogP contribution < -0.4 is 4.74 Å². The summed E-state index contributed by atoms with van der Waals surface area (Å²) in [5.74, 6) is 1.90. The molecule has 0 N–H and O–H groups in total. The summed E-state index contributed by atoms with van der Waals surface area (Å²) in [6, 6.07) is 11.7.